The predicted octanol–water partition coefficient (Wildman–Crippen LogP) is 3.35. The zero-order valence-electron chi connectivity index (χ0n) is 20.9. The second kappa shape index (κ2) is 10.9. The molecule has 8 nitrogen and oxygen atoms in total. The summed E-state index contributed by atoms with van der Waals surface area (Å²) in [5.41, 5.74) is 4.44. The molecule has 5 heterocycles. The van der Waals surface area contributed by atoms with Gasteiger partial charge in [0.25, 0.3) is 0 Å². The van der Waals surface area contributed by atoms with E-state index in [0.717, 1.165) is 79.7 Å². The van der Waals surface area contributed by atoms with Gasteiger partial charge in [0.15, 0.2) is 5.65 Å². The molecule has 4 aromatic rings. The lowest BCUT2D eigenvalue weighted by atomic mass is 10.0. The summed E-state index contributed by atoms with van der Waals surface area (Å²) in [6, 6.07) is 16.7. The van der Waals surface area contributed by atoms with Gasteiger partial charge in [-0.05, 0) is 61.3 Å². The standard InChI is InChI=1S/C28H32FN7O/c29-22-5-1-4-21(18-22)26-20-37-17-16-35(26)28-10-9-27-31-19-25(36(27)33-28)24-8-2-6-23(32-24)7-3-13-34-14-11-30-12-15-34/h1-2,4-6,8-10,18-19,26,30H,3,7,11-17,20H2. The van der Waals surface area contributed by atoms with E-state index in [-0.39, 0.29) is 11.9 Å². The molecule has 1 unspecified atom stereocenters. The number of hydrogen-bond acceptors (Lipinski definition) is 7. The smallest absolute Gasteiger partial charge is 0.154 e. The van der Waals surface area contributed by atoms with Crippen molar-refractivity contribution >= 4 is 11.5 Å². The summed E-state index contributed by atoms with van der Waals surface area (Å²) in [7, 11) is 0. The molecule has 1 atom stereocenters. The van der Waals surface area contributed by atoms with Crippen LogP contribution in [0.4, 0.5) is 10.2 Å². The number of anilines is 1. The fourth-order valence-electron chi connectivity index (χ4n) is 5.24. The van der Waals surface area contributed by atoms with Crippen LogP contribution >= 0.6 is 0 Å². The molecule has 192 valence electrons. The number of rotatable bonds is 7. The van der Waals surface area contributed by atoms with Crippen LogP contribution in [0.25, 0.3) is 17.0 Å². The number of pyridine rings is 1. The molecule has 37 heavy (non-hydrogen) atoms. The topological polar surface area (TPSA) is 70.8 Å². The Morgan fingerprint density at radius 1 is 1.03 bits per heavy atom. The Morgan fingerprint density at radius 2 is 1.92 bits per heavy atom. The van der Waals surface area contributed by atoms with E-state index in [1.54, 1.807) is 12.1 Å². The van der Waals surface area contributed by atoms with E-state index >= 15 is 0 Å². The van der Waals surface area contributed by atoms with Crippen LogP contribution < -0.4 is 10.2 Å². The maximum atomic E-state index is 14.0. The molecule has 3 aromatic heterocycles. The Kier molecular flexibility index (Phi) is 7.07. The van der Waals surface area contributed by atoms with E-state index in [0.29, 0.717) is 19.8 Å². The third kappa shape index (κ3) is 5.34. The third-order valence-corrected chi connectivity index (χ3v) is 7.19. The zero-order valence-corrected chi connectivity index (χ0v) is 20.9. The Morgan fingerprint density at radius 3 is 2.81 bits per heavy atom. The monoisotopic (exact) mass is 501 g/mol. The second-order valence-electron chi connectivity index (χ2n) is 9.65. The summed E-state index contributed by atoms with van der Waals surface area (Å²) in [4.78, 5) is 14.2. The van der Waals surface area contributed by atoms with Gasteiger partial charge in [0, 0.05) is 38.4 Å². The van der Waals surface area contributed by atoms with Crippen LogP contribution in [-0.4, -0.2) is 77.0 Å². The highest BCUT2D eigenvalue weighted by Gasteiger charge is 2.27. The first kappa shape index (κ1) is 24.0. The van der Waals surface area contributed by atoms with E-state index in [4.69, 9.17) is 14.8 Å². The molecule has 1 aromatic carbocycles. The van der Waals surface area contributed by atoms with Gasteiger partial charge in [0.1, 0.15) is 17.3 Å². The lowest BCUT2D eigenvalue weighted by Crippen LogP contribution is -2.43. The average Bonchev–Trinajstić information content (AvgIpc) is 3.37. The summed E-state index contributed by atoms with van der Waals surface area (Å²) < 4.78 is 21.6. The van der Waals surface area contributed by atoms with Crippen LogP contribution in [0.3, 0.4) is 0 Å². The number of aryl methyl sites for hydroxylation is 1. The minimum Gasteiger partial charge on any atom is -0.377 e. The summed E-state index contributed by atoms with van der Waals surface area (Å²) >= 11 is 0. The van der Waals surface area contributed by atoms with Crippen molar-refractivity contribution in [3.63, 3.8) is 0 Å². The minimum absolute atomic E-state index is 0.112. The molecule has 0 radical (unpaired) electrons. The molecule has 0 aliphatic carbocycles. The number of imidazole rings is 1. The normalized spacial score (nSPS) is 18.9. The van der Waals surface area contributed by atoms with E-state index in [9.17, 15) is 4.39 Å². The Hall–Kier alpha value is -3.40. The van der Waals surface area contributed by atoms with E-state index in [1.165, 1.54) is 6.07 Å². The average molecular weight is 502 g/mol. The molecule has 0 amide bonds. The third-order valence-electron chi connectivity index (χ3n) is 7.19. The van der Waals surface area contributed by atoms with Crippen molar-refractivity contribution in [3.8, 4) is 11.4 Å². The number of morpholine rings is 1. The van der Waals surface area contributed by atoms with Gasteiger partial charge >= 0.3 is 0 Å². The molecule has 2 saturated heterocycles. The molecular weight excluding hydrogens is 469 g/mol. The maximum Gasteiger partial charge on any atom is 0.154 e. The van der Waals surface area contributed by atoms with Crippen molar-refractivity contribution < 1.29 is 9.13 Å². The number of aromatic nitrogens is 4. The summed E-state index contributed by atoms with van der Waals surface area (Å²) in [6.07, 6.45) is 3.86. The molecule has 2 aliphatic rings. The fraction of sp³-hybridized carbons (Fsp3) is 0.393. The Balaban J connectivity index is 1.24. The molecule has 0 bridgehead atoms. The van der Waals surface area contributed by atoms with Crippen molar-refractivity contribution in [1.82, 2.24) is 29.8 Å². The molecule has 1 N–H and O–H groups in total. The van der Waals surface area contributed by atoms with Crippen LogP contribution in [-0.2, 0) is 11.2 Å². The van der Waals surface area contributed by atoms with Crippen molar-refractivity contribution in [2.75, 3.05) is 57.4 Å². The van der Waals surface area contributed by atoms with E-state index in [2.05, 4.69) is 32.2 Å². The number of nitrogens with zero attached hydrogens (tertiary/aromatic N) is 6. The molecular formula is C28H32FN7O. The fourth-order valence-corrected chi connectivity index (χ4v) is 5.24. The molecule has 2 fully saturated rings. The van der Waals surface area contributed by atoms with Crippen LogP contribution in [0.5, 0.6) is 0 Å². The Bertz CT molecular complexity index is 1350. The first-order valence-electron chi connectivity index (χ1n) is 13.1. The molecule has 6 rings (SSSR count). The van der Waals surface area contributed by atoms with Crippen molar-refractivity contribution in [1.29, 1.82) is 0 Å². The van der Waals surface area contributed by atoms with E-state index < -0.39 is 0 Å². The molecule has 0 saturated carbocycles. The summed E-state index contributed by atoms with van der Waals surface area (Å²) in [5.74, 6) is 0.554. The Labute approximate surface area is 216 Å². The lowest BCUT2D eigenvalue weighted by Gasteiger charge is -2.36. The van der Waals surface area contributed by atoms with Crippen molar-refractivity contribution in [3.05, 3.63) is 77.9 Å². The first-order chi connectivity index (χ1) is 18.2. The number of fused-ring (bicyclic) bond motifs is 1. The zero-order chi connectivity index (χ0) is 25.0. The quantitative estimate of drug-likeness (QED) is 0.417. The highest BCUT2D eigenvalue weighted by molar-refractivity contribution is 5.61. The van der Waals surface area contributed by atoms with Gasteiger partial charge in [-0.15, -0.1) is 5.10 Å². The molecule has 9 heteroatoms. The van der Waals surface area contributed by atoms with Crippen LogP contribution in [0, 0.1) is 5.82 Å². The maximum absolute atomic E-state index is 14.0. The lowest BCUT2D eigenvalue weighted by molar-refractivity contribution is 0.0935. The van der Waals surface area contributed by atoms with Crippen molar-refractivity contribution in [2.45, 2.75) is 18.9 Å². The second-order valence-corrected chi connectivity index (χ2v) is 9.65. The van der Waals surface area contributed by atoms with Crippen molar-refractivity contribution in [2.24, 2.45) is 0 Å². The number of ether oxygens (including phenoxy) is 1. The van der Waals surface area contributed by atoms with Crippen LogP contribution in [0.2, 0.25) is 0 Å². The highest BCUT2D eigenvalue weighted by atomic mass is 19.1. The molecule has 2 aliphatic heterocycles. The minimum atomic E-state index is -0.248. The van der Waals surface area contributed by atoms with E-state index in [1.807, 2.05) is 35.0 Å². The SMILES string of the molecule is Fc1cccc(C2COCCN2c2ccc3ncc(-c4cccc(CCCN5CCNCC5)n4)n3n2)c1. The number of hydrogen-bond donors (Lipinski definition) is 1. The van der Waals surface area contributed by atoms with Gasteiger partial charge in [-0.25, -0.2) is 13.9 Å². The molecule has 0 spiro atoms. The highest BCUT2D eigenvalue weighted by Crippen LogP contribution is 2.30. The largest absolute Gasteiger partial charge is 0.377 e. The predicted molar refractivity (Wildman–Crippen MR) is 141 cm³/mol. The number of halogens is 1. The van der Waals surface area contributed by atoms with Gasteiger partial charge in [0.05, 0.1) is 31.1 Å². The van der Waals surface area contributed by atoms with Gasteiger partial charge in [0.2, 0.25) is 0 Å². The van der Waals surface area contributed by atoms with Crippen LogP contribution in [0.15, 0.2) is 60.8 Å². The number of benzene rings is 1. The van der Waals surface area contributed by atoms with Crippen LogP contribution in [0.1, 0.15) is 23.7 Å². The first-order valence-corrected chi connectivity index (χ1v) is 13.1. The summed E-state index contributed by atoms with van der Waals surface area (Å²) in [6.45, 7) is 7.23. The number of piperazine rings is 1. The summed E-state index contributed by atoms with van der Waals surface area (Å²) in [5, 5.41) is 8.37. The van der Waals surface area contributed by atoms with Gasteiger partial charge in [-0.1, -0.05) is 18.2 Å². The van der Waals surface area contributed by atoms with Gasteiger partial charge in [-0.2, -0.15) is 0 Å². The number of nitrogens with one attached hydrogen (secondary N) is 1. The van der Waals surface area contributed by atoms with Gasteiger partial charge < -0.3 is 19.9 Å². The van der Waals surface area contributed by atoms with Gasteiger partial charge in [-0.3, -0.25) is 4.98 Å².